The minimum Gasteiger partial charge on any atom is -0.340 e. The predicted molar refractivity (Wildman–Crippen MR) is 117 cm³/mol. The summed E-state index contributed by atoms with van der Waals surface area (Å²) in [6.07, 6.45) is 5.67. The third-order valence-corrected chi connectivity index (χ3v) is 6.45. The molecule has 8 heteroatoms. The molecule has 1 aromatic carbocycles. The van der Waals surface area contributed by atoms with Gasteiger partial charge in [0.15, 0.2) is 0 Å². The van der Waals surface area contributed by atoms with Gasteiger partial charge in [-0.2, -0.15) is 5.10 Å². The molecule has 2 aromatic heterocycles. The molecule has 2 aliphatic heterocycles. The van der Waals surface area contributed by atoms with E-state index in [1.54, 1.807) is 15.6 Å². The molecule has 0 aliphatic carbocycles. The molecular weight excluding hydrogens is 392 g/mol. The number of likely N-dealkylation sites (N-methyl/N-ethyl adjacent to an activating group) is 1. The van der Waals surface area contributed by atoms with Crippen molar-refractivity contribution in [1.29, 1.82) is 0 Å². The molecule has 1 unspecified atom stereocenters. The number of rotatable bonds is 5. The lowest BCUT2D eigenvalue weighted by atomic mass is 9.95. The Labute approximate surface area is 180 Å². The molecule has 1 N–H and O–H groups in total. The Hall–Kier alpha value is -3.26. The first-order chi connectivity index (χ1) is 15.0. The number of hydrogen-bond donors (Lipinski definition) is 1. The van der Waals surface area contributed by atoms with Crippen LogP contribution >= 0.6 is 0 Å². The van der Waals surface area contributed by atoms with E-state index in [1.165, 1.54) is 19.2 Å². The first kappa shape index (κ1) is 19.7. The molecule has 4 heterocycles. The van der Waals surface area contributed by atoms with Gasteiger partial charge in [-0.05, 0) is 50.0 Å². The second-order valence-corrected chi connectivity index (χ2v) is 8.39. The number of anilines is 1. The summed E-state index contributed by atoms with van der Waals surface area (Å²) in [5, 5.41) is 7.25. The van der Waals surface area contributed by atoms with Crippen molar-refractivity contribution in [2.75, 3.05) is 38.5 Å². The first-order valence-electron chi connectivity index (χ1n) is 10.7. The van der Waals surface area contributed by atoms with E-state index in [9.17, 15) is 9.59 Å². The van der Waals surface area contributed by atoms with Gasteiger partial charge in [0.2, 0.25) is 5.91 Å². The molecule has 1 fully saturated rings. The lowest BCUT2D eigenvalue weighted by molar-refractivity contribution is -0.116. The first-order valence-corrected chi connectivity index (χ1v) is 10.7. The number of amides is 2. The maximum atomic E-state index is 13.2. The Morgan fingerprint density at radius 3 is 2.84 bits per heavy atom. The van der Waals surface area contributed by atoms with Gasteiger partial charge in [-0.25, -0.2) is 9.50 Å². The fourth-order valence-corrected chi connectivity index (χ4v) is 4.70. The molecule has 3 aromatic rings. The van der Waals surface area contributed by atoms with Crippen LogP contribution in [0, 0.1) is 6.92 Å². The van der Waals surface area contributed by atoms with Gasteiger partial charge >= 0.3 is 0 Å². The van der Waals surface area contributed by atoms with Crippen molar-refractivity contribution >= 4 is 23.0 Å². The second-order valence-electron chi connectivity index (χ2n) is 8.39. The van der Waals surface area contributed by atoms with E-state index in [4.69, 9.17) is 0 Å². The van der Waals surface area contributed by atoms with Crippen molar-refractivity contribution in [2.45, 2.75) is 25.7 Å². The SMILES string of the molecule is Cc1c(C(=O)N(C)CCN2CCCC2)cn2ncnc(C3C(=O)Nc4ccccc43)c12. The monoisotopic (exact) mass is 418 g/mol. The summed E-state index contributed by atoms with van der Waals surface area (Å²) < 4.78 is 1.67. The molecule has 1 atom stereocenters. The van der Waals surface area contributed by atoms with Gasteiger partial charge in [-0.3, -0.25) is 9.59 Å². The molecule has 0 spiro atoms. The van der Waals surface area contributed by atoms with Crippen molar-refractivity contribution in [3.63, 3.8) is 0 Å². The van der Waals surface area contributed by atoms with E-state index in [2.05, 4.69) is 20.3 Å². The highest BCUT2D eigenvalue weighted by molar-refractivity contribution is 6.06. The Balaban J connectivity index is 1.48. The number of fused-ring (bicyclic) bond motifs is 2. The van der Waals surface area contributed by atoms with Crippen molar-refractivity contribution < 1.29 is 9.59 Å². The number of likely N-dealkylation sites (tertiary alicyclic amines) is 1. The predicted octanol–water partition coefficient (Wildman–Crippen LogP) is 2.29. The summed E-state index contributed by atoms with van der Waals surface area (Å²) in [6, 6.07) is 7.64. The Morgan fingerprint density at radius 1 is 1.26 bits per heavy atom. The van der Waals surface area contributed by atoms with Crippen LogP contribution in [0.3, 0.4) is 0 Å². The lowest BCUT2D eigenvalue weighted by Gasteiger charge is -2.21. The van der Waals surface area contributed by atoms with Gasteiger partial charge in [0.05, 0.1) is 16.8 Å². The van der Waals surface area contributed by atoms with Crippen LogP contribution in [0.4, 0.5) is 5.69 Å². The van der Waals surface area contributed by atoms with Crippen LogP contribution < -0.4 is 5.32 Å². The largest absolute Gasteiger partial charge is 0.340 e. The van der Waals surface area contributed by atoms with Crippen molar-refractivity contribution in [1.82, 2.24) is 24.4 Å². The average Bonchev–Trinajstić information content (AvgIpc) is 3.48. The van der Waals surface area contributed by atoms with E-state index in [-0.39, 0.29) is 11.8 Å². The number of aryl methyl sites for hydroxylation is 1. The van der Waals surface area contributed by atoms with E-state index < -0.39 is 5.92 Å². The Bertz CT molecular complexity index is 1160. The Morgan fingerprint density at radius 2 is 2.03 bits per heavy atom. The van der Waals surface area contributed by atoms with Gasteiger partial charge < -0.3 is 15.1 Å². The van der Waals surface area contributed by atoms with Crippen LogP contribution in [0.15, 0.2) is 36.8 Å². The summed E-state index contributed by atoms with van der Waals surface area (Å²) in [4.78, 5) is 34.6. The minimum absolute atomic E-state index is 0.0376. The highest BCUT2D eigenvalue weighted by Crippen LogP contribution is 2.38. The fraction of sp³-hybridized carbons (Fsp3) is 0.391. The molecule has 2 aliphatic rings. The zero-order chi connectivity index (χ0) is 21.5. The van der Waals surface area contributed by atoms with Crippen molar-refractivity contribution in [2.24, 2.45) is 0 Å². The summed E-state index contributed by atoms with van der Waals surface area (Å²) in [5.41, 5.74) is 4.42. The van der Waals surface area contributed by atoms with Gasteiger partial charge in [-0.1, -0.05) is 18.2 Å². The topological polar surface area (TPSA) is 82.8 Å². The molecule has 8 nitrogen and oxygen atoms in total. The zero-order valence-electron chi connectivity index (χ0n) is 17.8. The highest BCUT2D eigenvalue weighted by atomic mass is 16.2. The molecule has 2 amide bonds. The number of aromatic nitrogens is 3. The van der Waals surface area contributed by atoms with Gasteiger partial charge in [0, 0.05) is 32.0 Å². The standard InChI is InChI=1S/C23H26N6O2/c1-15-17(23(31)27(2)11-12-28-9-5-6-10-28)13-29-21(15)20(24-14-25-29)19-16-7-3-4-8-18(16)26-22(19)30/h3-4,7-8,13-14,19H,5-6,9-12H2,1-2H3,(H,26,30). The number of carbonyl (C=O) groups excluding carboxylic acids is 2. The van der Waals surface area contributed by atoms with Crippen LogP contribution in [-0.4, -0.2) is 69.4 Å². The maximum Gasteiger partial charge on any atom is 0.255 e. The average molecular weight is 419 g/mol. The number of carbonyl (C=O) groups is 2. The van der Waals surface area contributed by atoms with E-state index in [0.717, 1.165) is 42.0 Å². The van der Waals surface area contributed by atoms with Crippen molar-refractivity contribution in [3.05, 3.63) is 59.2 Å². The molecule has 0 saturated carbocycles. The number of nitrogens with one attached hydrogen (secondary N) is 1. The molecule has 1 saturated heterocycles. The van der Waals surface area contributed by atoms with Gasteiger partial charge in [0.1, 0.15) is 12.2 Å². The summed E-state index contributed by atoms with van der Waals surface area (Å²) >= 11 is 0. The Kier molecular flexibility index (Phi) is 4.94. The highest BCUT2D eigenvalue weighted by Gasteiger charge is 2.35. The third-order valence-electron chi connectivity index (χ3n) is 6.45. The van der Waals surface area contributed by atoms with Gasteiger partial charge in [-0.15, -0.1) is 0 Å². The summed E-state index contributed by atoms with van der Waals surface area (Å²) in [5.74, 6) is -0.673. The quantitative estimate of drug-likeness (QED) is 0.687. The molecule has 0 bridgehead atoms. The van der Waals surface area contributed by atoms with Gasteiger partial charge in [0.25, 0.3) is 5.91 Å². The van der Waals surface area contributed by atoms with Crippen molar-refractivity contribution in [3.8, 4) is 0 Å². The number of hydrogen-bond acceptors (Lipinski definition) is 5. The second kappa shape index (κ2) is 7.77. The third kappa shape index (κ3) is 3.37. The summed E-state index contributed by atoms with van der Waals surface area (Å²) in [7, 11) is 1.84. The zero-order valence-corrected chi connectivity index (χ0v) is 17.8. The van der Waals surface area contributed by atoms with E-state index in [1.807, 2.05) is 38.2 Å². The van der Waals surface area contributed by atoms with E-state index in [0.29, 0.717) is 17.8 Å². The van der Waals surface area contributed by atoms with E-state index >= 15 is 0 Å². The molecular formula is C23H26N6O2. The number of benzene rings is 1. The van der Waals surface area contributed by atoms with Crippen LogP contribution in [0.25, 0.3) is 5.52 Å². The number of para-hydroxylation sites is 1. The minimum atomic E-state index is -0.522. The smallest absolute Gasteiger partial charge is 0.255 e. The van der Waals surface area contributed by atoms with Crippen LogP contribution in [0.5, 0.6) is 0 Å². The molecule has 160 valence electrons. The summed E-state index contributed by atoms with van der Waals surface area (Å²) in [6.45, 7) is 5.70. The fourth-order valence-electron chi connectivity index (χ4n) is 4.70. The van der Waals surface area contributed by atoms with Crippen LogP contribution in [-0.2, 0) is 4.79 Å². The molecule has 31 heavy (non-hydrogen) atoms. The molecule has 0 radical (unpaired) electrons. The number of nitrogens with zero attached hydrogens (tertiary/aromatic N) is 5. The lowest BCUT2D eigenvalue weighted by Crippen LogP contribution is -2.35. The maximum absolute atomic E-state index is 13.2. The van der Waals surface area contributed by atoms with Crippen LogP contribution in [0.2, 0.25) is 0 Å². The van der Waals surface area contributed by atoms with Crippen LogP contribution in [0.1, 0.15) is 45.9 Å². The molecule has 5 rings (SSSR count). The normalized spacial score (nSPS) is 18.4.